The molecule has 0 amide bonds. The summed E-state index contributed by atoms with van der Waals surface area (Å²) in [4.78, 5) is 48.3. The van der Waals surface area contributed by atoms with Gasteiger partial charge in [-0.3, -0.25) is 14.4 Å². The highest BCUT2D eigenvalue weighted by molar-refractivity contribution is 6.19. The zero-order chi connectivity index (χ0) is 23.2. The molecule has 0 fully saturated rings. The van der Waals surface area contributed by atoms with E-state index in [0.717, 1.165) is 40.0 Å². The number of unbranched alkanes of at least 4 members (excludes halogenated alkanes) is 12. The van der Waals surface area contributed by atoms with Crippen LogP contribution in [-0.2, 0) is 19.2 Å². The summed E-state index contributed by atoms with van der Waals surface area (Å²) < 4.78 is 0. The first-order valence-corrected chi connectivity index (χ1v) is 11.6. The van der Waals surface area contributed by atoms with E-state index in [1.54, 1.807) is 0 Å². The number of carboxylic acid groups (broad SMARTS) is 1. The summed E-state index contributed by atoms with van der Waals surface area (Å²) in [5.74, 6) is -4.52. The number of carbonyl (C=O) groups is 4. The van der Waals surface area contributed by atoms with E-state index in [0.29, 0.717) is 12.8 Å². The predicted octanol–water partition coefficient (Wildman–Crippen LogP) is 5.04. The Hall–Kier alpha value is -1.56. The Bertz CT molecular complexity index is 538. The molecule has 0 aliphatic heterocycles. The van der Waals surface area contributed by atoms with Crippen LogP contribution in [0, 0.1) is 5.41 Å². The molecule has 0 aliphatic carbocycles. The first-order chi connectivity index (χ1) is 14.1. The monoisotopic (exact) mass is 426 g/mol. The van der Waals surface area contributed by atoms with Crippen molar-refractivity contribution in [2.45, 2.75) is 123 Å². The number of aliphatic carboxylic acids is 1. The van der Waals surface area contributed by atoms with Gasteiger partial charge in [-0.1, -0.05) is 90.4 Å². The standard InChI is InChI=1S/C24H42O6/c1-5-6-7-8-9-10-11-12-13-14-15-16-17-18-23(19(2)25,20(3)26)24(30,21(4)27)22(28)29/h30H,5-18H2,1-4H3,(H,28,29). The molecule has 0 aromatic heterocycles. The van der Waals surface area contributed by atoms with E-state index < -0.39 is 34.3 Å². The Morgan fingerprint density at radius 1 is 0.600 bits per heavy atom. The topological polar surface area (TPSA) is 109 Å². The number of Topliss-reactive ketones (excluding diaryl/α,β-unsaturated/α-hetero) is 3. The van der Waals surface area contributed by atoms with Gasteiger partial charge in [0.05, 0.1) is 0 Å². The Morgan fingerprint density at radius 2 is 0.933 bits per heavy atom. The molecule has 0 heterocycles. The van der Waals surface area contributed by atoms with Crippen LogP contribution in [0.15, 0.2) is 0 Å². The van der Waals surface area contributed by atoms with Gasteiger partial charge in [-0.15, -0.1) is 0 Å². The summed E-state index contributed by atoms with van der Waals surface area (Å²) in [7, 11) is 0. The minimum absolute atomic E-state index is 0.141. The largest absolute Gasteiger partial charge is 0.479 e. The van der Waals surface area contributed by atoms with Crippen LogP contribution in [0.2, 0.25) is 0 Å². The van der Waals surface area contributed by atoms with E-state index in [1.165, 1.54) is 51.4 Å². The lowest BCUT2D eigenvalue weighted by Gasteiger charge is -2.39. The highest BCUT2D eigenvalue weighted by Gasteiger charge is 2.64. The van der Waals surface area contributed by atoms with Crippen LogP contribution >= 0.6 is 0 Å². The molecule has 0 aromatic carbocycles. The Kier molecular flexibility index (Phi) is 13.7. The molecule has 174 valence electrons. The molecule has 0 saturated carbocycles. The molecule has 0 aliphatic rings. The van der Waals surface area contributed by atoms with Gasteiger partial charge in [-0.05, 0) is 27.2 Å². The van der Waals surface area contributed by atoms with Gasteiger partial charge in [0.25, 0.3) is 0 Å². The molecular weight excluding hydrogens is 384 g/mol. The molecule has 0 spiro atoms. The van der Waals surface area contributed by atoms with E-state index in [9.17, 15) is 29.4 Å². The van der Waals surface area contributed by atoms with Crippen LogP contribution in [0.25, 0.3) is 0 Å². The number of hydrogen-bond donors (Lipinski definition) is 2. The van der Waals surface area contributed by atoms with Crippen LogP contribution in [-0.4, -0.2) is 39.1 Å². The van der Waals surface area contributed by atoms with Crippen molar-refractivity contribution in [3.8, 4) is 0 Å². The third-order valence-corrected chi connectivity index (χ3v) is 6.29. The molecular formula is C24H42O6. The first kappa shape index (κ1) is 28.4. The average Bonchev–Trinajstić information content (AvgIpc) is 2.66. The Morgan fingerprint density at radius 3 is 1.20 bits per heavy atom. The highest BCUT2D eigenvalue weighted by Crippen LogP contribution is 2.40. The normalized spacial score (nSPS) is 13.6. The van der Waals surface area contributed by atoms with Gasteiger partial charge in [0.1, 0.15) is 17.0 Å². The van der Waals surface area contributed by atoms with Crippen molar-refractivity contribution in [3.63, 3.8) is 0 Å². The van der Waals surface area contributed by atoms with Crippen LogP contribution in [0.3, 0.4) is 0 Å². The van der Waals surface area contributed by atoms with Crippen molar-refractivity contribution >= 4 is 23.3 Å². The maximum absolute atomic E-state index is 12.3. The summed E-state index contributed by atoms with van der Waals surface area (Å²) in [5, 5.41) is 20.1. The van der Waals surface area contributed by atoms with E-state index in [2.05, 4.69) is 6.92 Å². The zero-order valence-electron chi connectivity index (χ0n) is 19.4. The van der Waals surface area contributed by atoms with Gasteiger partial charge < -0.3 is 10.2 Å². The fourth-order valence-electron chi connectivity index (χ4n) is 4.33. The molecule has 30 heavy (non-hydrogen) atoms. The van der Waals surface area contributed by atoms with Gasteiger partial charge in [0.2, 0.25) is 5.60 Å². The fourth-order valence-corrected chi connectivity index (χ4v) is 4.33. The maximum Gasteiger partial charge on any atom is 0.345 e. The van der Waals surface area contributed by atoms with Gasteiger partial charge in [-0.25, -0.2) is 4.79 Å². The fraction of sp³-hybridized carbons (Fsp3) is 0.833. The maximum atomic E-state index is 12.3. The third kappa shape index (κ3) is 7.60. The number of ketones is 3. The van der Waals surface area contributed by atoms with Gasteiger partial charge in [0.15, 0.2) is 5.78 Å². The number of aliphatic hydroxyl groups is 1. The molecule has 6 heteroatoms. The Labute approximate surface area is 181 Å². The molecule has 6 nitrogen and oxygen atoms in total. The smallest absolute Gasteiger partial charge is 0.345 e. The summed E-state index contributed by atoms with van der Waals surface area (Å²) in [6, 6.07) is 0. The number of hydrogen-bond acceptors (Lipinski definition) is 5. The van der Waals surface area contributed by atoms with Crippen molar-refractivity contribution in [1.82, 2.24) is 0 Å². The number of rotatable bonds is 19. The lowest BCUT2D eigenvalue weighted by molar-refractivity contribution is -0.187. The number of carboxylic acids is 1. The molecule has 1 unspecified atom stereocenters. The predicted molar refractivity (Wildman–Crippen MR) is 117 cm³/mol. The first-order valence-electron chi connectivity index (χ1n) is 11.6. The highest BCUT2D eigenvalue weighted by atomic mass is 16.4. The molecule has 0 radical (unpaired) electrons. The average molecular weight is 427 g/mol. The van der Waals surface area contributed by atoms with Crippen LogP contribution in [0.4, 0.5) is 0 Å². The van der Waals surface area contributed by atoms with E-state index >= 15 is 0 Å². The van der Waals surface area contributed by atoms with Crippen molar-refractivity contribution < 1.29 is 29.4 Å². The van der Waals surface area contributed by atoms with Gasteiger partial charge in [0, 0.05) is 0 Å². The second-order valence-electron chi connectivity index (χ2n) is 8.58. The van der Waals surface area contributed by atoms with Gasteiger partial charge in [-0.2, -0.15) is 0 Å². The van der Waals surface area contributed by atoms with Crippen molar-refractivity contribution in [2.24, 2.45) is 5.41 Å². The van der Waals surface area contributed by atoms with Crippen molar-refractivity contribution in [3.05, 3.63) is 0 Å². The summed E-state index contributed by atoms with van der Waals surface area (Å²) in [5.41, 5.74) is -5.26. The number of carbonyl (C=O) groups excluding carboxylic acids is 3. The molecule has 0 rings (SSSR count). The molecule has 2 N–H and O–H groups in total. The minimum Gasteiger partial charge on any atom is -0.479 e. The molecule has 0 aromatic rings. The zero-order valence-corrected chi connectivity index (χ0v) is 19.4. The molecule has 0 bridgehead atoms. The van der Waals surface area contributed by atoms with Crippen LogP contribution < -0.4 is 0 Å². The van der Waals surface area contributed by atoms with E-state index in [4.69, 9.17) is 0 Å². The summed E-state index contributed by atoms with van der Waals surface area (Å²) in [6.07, 6.45) is 14.3. The van der Waals surface area contributed by atoms with E-state index in [1.807, 2.05) is 0 Å². The van der Waals surface area contributed by atoms with E-state index in [-0.39, 0.29) is 6.42 Å². The lowest BCUT2D eigenvalue weighted by atomic mass is 9.62. The Balaban J connectivity index is 4.48. The quantitative estimate of drug-likeness (QED) is 0.221. The SMILES string of the molecule is CCCCCCCCCCCCCCCC(C(C)=O)(C(C)=O)C(O)(C(C)=O)C(=O)O. The second kappa shape index (κ2) is 14.4. The van der Waals surface area contributed by atoms with Crippen molar-refractivity contribution in [1.29, 1.82) is 0 Å². The summed E-state index contributed by atoms with van der Waals surface area (Å²) >= 11 is 0. The molecule has 0 saturated heterocycles. The third-order valence-electron chi connectivity index (χ3n) is 6.29. The lowest BCUT2D eigenvalue weighted by Crippen LogP contribution is -2.65. The minimum atomic E-state index is -3.03. The van der Waals surface area contributed by atoms with Crippen LogP contribution in [0.1, 0.15) is 118 Å². The van der Waals surface area contributed by atoms with Crippen molar-refractivity contribution in [2.75, 3.05) is 0 Å². The van der Waals surface area contributed by atoms with Gasteiger partial charge >= 0.3 is 5.97 Å². The second-order valence-corrected chi connectivity index (χ2v) is 8.58. The summed E-state index contributed by atoms with van der Waals surface area (Å²) in [6.45, 7) is 5.26. The van der Waals surface area contributed by atoms with Crippen LogP contribution in [0.5, 0.6) is 0 Å². The molecule has 1 atom stereocenters.